The zero-order valence-electron chi connectivity index (χ0n) is 12.3. The van der Waals surface area contributed by atoms with E-state index in [4.69, 9.17) is 0 Å². The average molecular weight is 262 g/mol. The lowest BCUT2D eigenvalue weighted by Crippen LogP contribution is -2.50. The third-order valence-corrected chi connectivity index (χ3v) is 4.94. The second-order valence-corrected chi connectivity index (χ2v) is 7.27. The Morgan fingerprint density at radius 2 is 1.89 bits per heavy atom. The van der Waals surface area contributed by atoms with E-state index in [1.54, 1.807) is 0 Å². The first kappa shape index (κ1) is 13.2. The molecule has 0 aromatic carbocycles. The SMILES string of the molecule is CC1(C)CC(=O)C2=C(C1)NCN(C1CCCCC1)C2. The van der Waals surface area contributed by atoms with E-state index < -0.39 is 0 Å². The molecule has 3 rings (SSSR count). The highest BCUT2D eigenvalue weighted by Crippen LogP contribution is 2.37. The van der Waals surface area contributed by atoms with Crippen molar-refractivity contribution < 1.29 is 4.79 Å². The predicted molar refractivity (Wildman–Crippen MR) is 76.6 cm³/mol. The largest absolute Gasteiger partial charge is 0.375 e. The van der Waals surface area contributed by atoms with Gasteiger partial charge in [-0.1, -0.05) is 33.1 Å². The number of carbonyl (C=O) groups is 1. The number of rotatable bonds is 1. The summed E-state index contributed by atoms with van der Waals surface area (Å²) in [6.45, 7) is 6.22. The Balaban J connectivity index is 1.73. The van der Waals surface area contributed by atoms with Gasteiger partial charge in [0.2, 0.25) is 0 Å². The molecule has 1 heterocycles. The lowest BCUT2D eigenvalue weighted by Gasteiger charge is -2.42. The van der Waals surface area contributed by atoms with E-state index in [2.05, 4.69) is 24.1 Å². The van der Waals surface area contributed by atoms with E-state index in [0.717, 1.165) is 25.2 Å². The lowest BCUT2D eigenvalue weighted by molar-refractivity contribution is -0.118. The Labute approximate surface area is 116 Å². The molecule has 0 amide bonds. The van der Waals surface area contributed by atoms with Crippen LogP contribution in [0.4, 0.5) is 0 Å². The van der Waals surface area contributed by atoms with E-state index >= 15 is 0 Å². The van der Waals surface area contributed by atoms with Gasteiger partial charge < -0.3 is 5.32 Å². The van der Waals surface area contributed by atoms with Crippen molar-refractivity contribution in [2.75, 3.05) is 13.2 Å². The normalized spacial score (nSPS) is 29.1. The minimum Gasteiger partial charge on any atom is -0.375 e. The standard InChI is InChI=1S/C16H26N2O/c1-16(2)8-14-13(15(19)9-16)10-18(11-17-14)12-6-4-3-5-7-12/h12,17H,3-11H2,1-2H3. The molecule has 0 aromatic rings. The van der Waals surface area contributed by atoms with Crippen molar-refractivity contribution in [3.05, 3.63) is 11.3 Å². The minimum absolute atomic E-state index is 0.135. The third-order valence-electron chi connectivity index (χ3n) is 4.94. The summed E-state index contributed by atoms with van der Waals surface area (Å²) < 4.78 is 0. The molecule has 2 aliphatic carbocycles. The molecular weight excluding hydrogens is 236 g/mol. The minimum atomic E-state index is 0.135. The van der Waals surface area contributed by atoms with Crippen molar-refractivity contribution in [2.24, 2.45) is 5.41 Å². The van der Waals surface area contributed by atoms with Crippen LogP contribution in [0.15, 0.2) is 11.3 Å². The maximum atomic E-state index is 12.3. The fourth-order valence-electron chi connectivity index (χ4n) is 3.87. The van der Waals surface area contributed by atoms with Gasteiger partial charge in [-0.05, 0) is 24.7 Å². The maximum absolute atomic E-state index is 12.3. The topological polar surface area (TPSA) is 32.3 Å². The molecule has 0 bridgehead atoms. The number of nitrogens with zero attached hydrogens (tertiary/aromatic N) is 1. The summed E-state index contributed by atoms with van der Waals surface area (Å²) in [6.07, 6.45) is 8.47. The molecule has 1 fully saturated rings. The highest BCUT2D eigenvalue weighted by Gasteiger charge is 2.36. The van der Waals surface area contributed by atoms with Gasteiger partial charge in [0.15, 0.2) is 5.78 Å². The first-order valence-electron chi connectivity index (χ1n) is 7.78. The molecule has 3 nitrogen and oxygen atoms in total. The zero-order valence-corrected chi connectivity index (χ0v) is 12.3. The van der Waals surface area contributed by atoms with Crippen LogP contribution >= 0.6 is 0 Å². The van der Waals surface area contributed by atoms with Crippen LogP contribution in [0.3, 0.4) is 0 Å². The molecule has 0 unspecified atom stereocenters. The molecule has 0 radical (unpaired) electrons. The van der Waals surface area contributed by atoms with Gasteiger partial charge in [-0.2, -0.15) is 0 Å². The number of hydrogen-bond acceptors (Lipinski definition) is 3. The number of carbonyl (C=O) groups excluding carboxylic acids is 1. The number of Topliss-reactive ketones (excluding diaryl/α,β-unsaturated/α-hetero) is 1. The van der Waals surface area contributed by atoms with Crippen molar-refractivity contribution in [3.63, 3.8) is 0 Å². The zero-order chi connectivity index (χ0) is 13.5. The van der Waals surface area contributed by atoms with Crippen molar-refractivity contribution in [1.29, 1.82) is 0 Å². The monoisotopic (exact) mass is 262 g/mol. The maximum Gasteiger partial charge on any atom is 0.162 e. The summed E-state index contributed by atoms with van der Waals surface area (Å²) in [5, 5.41) is 3.54. The van der Waals surface area contributed by atoms with Gasteiger partial charge in [0, 0.05) is 30.3 Å². The van der Waals surface area contributed by atoms with Crippen molar-refractivity contribution in [3.8, 4) is 0 Å². The Morgan fingerprint density at radius 3 is 2.63 bits per heavy atom. The highest BCUT2D eigenvalue weighted by atomic mass is 16.1. The smallest absolute Gasteiger partial charge is 0.162 e. The highest BCUT2D eigenvalue weighted by molar-refractivity contribution is 5.98. The van der Waals surface area contributed by atoms with Crippen LogP contribution < -0.4 is 5.32 Å². The first-order chi connectivity index (χ1) is 9.05. The molecule has 3 aliphatic rings. The van der Waals surface area contributed by atoms with Crippen molar-refractivity contribution in [2.45, 2.75) is 64.8 Å². The second kappa shape index (κ2) is 4.93. The van der Waals surface area contributed by atoms with Crippen LogP contribution in [0.1, 0.15) is 58.8 Å². The van der Waals surface area contributed by atoms with Gasteiger partial charge in [0.1, 0.15) is 0 Å². The number of allylic oxidation sites excluding steroid dienone is 1. The first-order valence-corrected chi connectivity index (χ1v) is 7.78. The van der Waals surface area contributed by atoms with E-state index in [1.807, 2.05) is 0 Å². The average Bonchev–Trinajstić information content (AvgIpc) is 2.38. The van der Waals surface area contributed by atoms with Crippen LogP contribution in [-0.4, -0.2) is 29.9 Å². The summed E-state index contributed by atoms with van der Waals surface area (Å²) in [4.78, 5) is 14.8. The van der Waals surface area contributed by atoms with Gasteiger partial charge in [-0.3, -0.25) is 9.69 Å². The molecule has 0 aromatic heterocycles. The molecule has 1 aliphatic heterocycles. The molecule has 0 atom stereocenters. The Morgan fingerprint density at radius 1 is 1.16 bits per heavy atom. The number of nitrogens with one attached hydrogen (secondary N) is 1. The molecule has 19 heavy (non-hydrogen) atoms. The lowest BCUT2D eigenvalue weighted by atomic mass is 9.75. The fourth-order valence-corrected chi connectivity index (χ4v) is 3.87. The van der Waals surface area contributed by atoms with Gasteiger partial charge in [0.25, 0.3) is 0 Å². The van der Waals surface area contributed by atoms with Gasteiger partial charge in [-0.15, -0.1) is 0 Å². The Hall–Kier alpha value is -0.830. The molecular formula is C16H26N2O. The second-order valence-electron chi connectivity index (χ2n) is 7.27. The van der Waals surface area contributed by atoms with Gasteiger partial charge in [0.05, 0.1) is 6.67 Å². The summed E-state index contributed by atoms with van der Waals surface area (Å²) in [5.74, 6) is 0.374. The molecule has 1 saturated carbocycles. The summed E-state index contributed by atoms with van der Waals surface area (Å²) >= 11 is 0. The Bertz CT molecular complexity index is 405. The van der Waals surface area contributed by atoms with Gasteiger partial charge >= 0.3 is 0 Å². The third kappa shape index (κ3) is 2.71. The number of ketones is 1. The molecule has 0 saturated heterocycles. The predicted octanol–water partition coefficient (Wildman–Crippen LogP) is 2.83. The van der Waals surface area contributed by atoms with Crippen LogP contribution in [0.2, 0.25) is 0 Å². The quantitative estimate of drug-likeness (QED) is 0.788. The summed E-state index contributed by atoms with van der Waals surface area (Å²) in [5.41, 5.74) is 2.44. The number of hydrogen-bond donors (Lipinski definition) is 1. The van der Waals surface area contributed by atoms with Crippen LogP contribution in [0, 0.1) is 5.41 Å². The summed E-state index contributed by atoms with van der Waals surface area (Å²) in [7, 11) is 0. The molecule has 0 spiro atoms. The van der Waals surface area contributed by atoms with E-state index in [9.17, 15) is 4.79 Å². The van der Waals surface area contributed by atoms with Crippen molar-refractivity contribution in [1.82, 2.24) is 10.2 Å². The van der Waals surface area contributed by atoms with Crippen LogP contribution in [-0.2, 0) is 4.79 Å². The summed E-state index contributed by atoms with van der Waals surface area (Å²) in [6, 6.07) is 0.693. The van der Waals surface area contributed by atoms with E-state index in [0.29, 0.717) is 18.2 Å². The molecule has 1 N–H and O–H groups in total. The fraction of sp³-hybridized carbons (Fsp3) is 0.812. The van der Waals surface area contributed by atoms with Crippen molar-refractivity contribution >= 4 is 5.78 Å². The Kier molecular flexibility index (Phi) is 3.42. The van der Waals surface area contributed by atoms with Gasteiger partial charge in [-0.25, -0.2) is 0 Å². The molecule has 3 heteroatoms. The van der Waals surface area contributed by atoms with E-state index in [-0.39, 0.29) is 5.41 Å². The molecule has 106 valence electrons. The van der Waals surface area contributed by atoms with Crippen LogP contribution in [0.25, 0.3) is 0 Å². The van der Waals surface area contributed by atoms with E-state index in [1.165, 1.54) is 37.8 Å². The van der Waals surface area contributed by atoms with Crippen LogP contribution in [0.5, 0.6) is 0 Å².